The van der Waals surface area contributed by atoms with Gasteiger partial charge in [-0.2, -0.15) is 5.10 Å². The van der Waals surface area contributed by atoms with Gasteiger partial charge >= 0.3 is 0 Å². The molecule has 0 unspecified atom stereocenters. The highest BCUT2D eigenvalue weighted by Crippen LogP contribution is 2.37. The zero-order valence-electron chi connectivity index (χ0n) is 23.2. The molecule has 0 aliphatic carbocycles. The number of likely N-dealkylation sites (N-methyl/N-ethyl adjacent to an activating group) is 1. The van der Waals surface area contributed by atoms with Gasteiger partial charge in [0.05, 0.1) is 37.2 Å². The van der Waals surface area contributed by atoms with Crippen molar-refractivity contribution >= 4 is 54.2 Å². The normalized spacial score (nSPS) is 14.3. The van der Waals surface area contributed by atoms with E-state index in [-0.39, 0.29) is 0 Å². The van der Waals surface area contributed by atoms with Crippen molar-refractivity contribution in [2.45, 2.75) is 13.3 Å². The second-order valence-corrected chi connectivity index (χ2v) is 9.39. The number of aromatic amines is 1. The van der Waals surface area contributed by atoms with Gasteiger partial charge in [-0.05, 0) is 44.6 Å². The van der Waals surface area contributed by atoms with Crippen molar-refractivity contribution in [2.24, 2.45) is 15.0 Å². The van der Waals surface area contributed by atoms with E-state index in [0.29, 0.717) is 68.7 Å². The van der Waals surface area contributed by atoms with Gasteiger partial charge in [-0.3, -0.25) is 29.8 Å². The Labute approximate surface area is 234 Å². The number of anilines is 2. The molecule has 1 aliphatic heterocycles. The van der Waals surface area contributed by atoms with Gasteiger partial charge in [0.2, 0.25) is 0 Å². The standard InChI is InChI=1S/C28H36N10O2/c1-5-8-37(20-31-17-21(19-39)16-29-2)10-9-36(4)27-25(30-3)28(38-11-13-40-14-12-38)34-26(33-27)22-6-7-24-23(15-22)18-32-35-24/h6-7,15-19H,2-3,5,8-14,20H2,1,4H3,(H,32,35)/b21-16+,31-17?. The number of aldehydes is 1. The van der Waals surface area contributed by atoms with Crippen molar-refractivity contribution in [3.8, 4) is 11.4 Å². The number of benzene rings is 1. The van der Waals surface area contributed by atoms with Crippen molar-refractivity contribution in [3.63, 3.8) is 0 Å². The largest absolute Gasteiger partial charge is 0.378 e. The van der Waals surface area contributed by atoms with Crippen molar-refractivity contribution in [1.29, 1.82) is 0 Å². The van der Waals surface area contributed by atoms with Crippen LogP contribution in [-0.4, -0.2) is 111 Å². The summed E-state index contributed by atoms with van der Waals surface area (Å²) in [7, 11) is 2.00. The van der Waals surface area contributed by atoms with Crippen LogP contribution in [0.25, 0.3) is 22.3 Å². The Bertz CT molecular complexity index is 1380. The van der Waals surface area contributed by atoms with E-state index in [1.54, 1.807) is 6.20 Å². The fraction of sp³-hybridized carbons (Fsp3) is 0.393. The number of aromatic nitrogens is 4. The number of morpholine rings is 1. The number of ether oxygens (including phenoxy) is 1. The van der Waals surface area contributed by atoms with Crippen LogP contribution in [0.2, 0.25) is 0 Å². The summed E-state index contributed by atoms with van der Waals surface area (Å²) in [6.45, 7) is 14.8. The maximum atomic E-state index is 11.1. The Kier molecular flexibility index (Phi) is 10.2. The number of aliphatic imine (C=N–C) groups is 3. The number of H-pyrrole nitrogens is 1. The molecule has 3 heterocycles. The zero-order chi connectivity index (χ0) is 28.3. The average molecular weight is 545 g/mol. The monoisotopic (exact) mass is 544 g/mol. The second-order valence-electron chi connectivity index (χ2n) is 9.39. The maximum absolute atomic E-state index is 11.1. The lowest BCUT2D eigenvalue weighted by Gasteiger charge is -2.31. The van der Waals surface area contributed by atoms with Gasteiger partial charge in [-0.25, -0.2) is 9.97 Å². The number of hydrogen-bond donors (Lipinski definition) is 1. The van der Waals surface area contributed by atoms with Crippen LogP contribution >= 0.6 is 0 Å². The Morgan fingerprint density at radius 3 is 2.75 bits per heavy atom. The number of nitrogens with zero attached hydrogens (tertiary/aromatic N) is 9. The molecule has 0 radical (unpaired) electrons. The van der Waals surface area contributed by atoms with Crippen molar-refractivity contribution < 1.29 is 9.53 Å². The predicted octanol–water partition coefficient (Wildman–Crippen LogP) is 3.15. The summed E-state index contributed by atoms with van der Waals surface area (Å²) in [4.78, 5) is 40.0. The van der Waals surface area contributed by atoms with Crippen molar-refractivity contribution in [2.75, 3.05) is 69.5 Å². The molecule has 1 N–H and O–H groups in total. The summed E-state index contributed by atoms with van der Waals surface area (Å²) in [5.41, 5.74) is 2.87. The number of carbonyl (C=O) groups excluding carboxylic acids is 1. The average Bonchev–Trinajstić information content (AvgIpc) is 3.47. The molecule has 40 heavy (non-hydrogen) atoms. The van der Waals surface area contributed by atoms with Gasteiger partial charge in [0, 0.05) is 56.6 Å². The van der Waals surface area contributed by atoms with Gasteiger partial charge in [-0.15, -0.1) is 0 Å². The third kappa shape index (κ3) is 7.01. The van der Waals surface area contributed by atoms with Gasteiger partial charge in [0.1, 0.15) is 5.69 Å². The number of fused-ring (bicyclic) bond motifs is 1. The van der Waals surface area contributed by atoms with Crippen LogP contribution in [0.1, 0.15) is 13.3 Å². The molecule has 210 valence electrons. The summed E-state index contributed by atoms with van der Waals surface area (Å²) in [6.07, 6.45) is 6.39. The third-order valence-electron chi connectivity index (χ3n) is 6.57. The molecule has 1 fully saturated rings. The number of allylic oxidation sites excluding steroid dienone is 1. The third-order valence-corrected chi connectivity index (χ3v) is 6.57. The first-order valence-electron chi connectivity index (χ1n) is 13.3. The van der Waals surface area contributed by atoms with E-state index in [1.807, 2.05) is 25.2 Å². The van der Waals surface area contributed by atoms with Gasteiger partial charge < -0.3 is 14.5 Å². The van der Waals surface area contributed by atoms with Crippen LogP contribution in [0.15, 0.2) is 51.1 Å². The highest BCUT2D eigenvalue weighted by molar-refractivity contribution is 6.01. The van der Waals surface area contributed by atoms with Crippen LogP contribution in [0.4, 0.5) is 17.3 Å². The minimum atomic E-state index is 0.378. The zero-order valence-corrected chi connectivity index (χ0v) is 23.2. The number of rotatable bonds is 14. The lowest BCUT2D eigenvalue weighted by molar-refractivity contribution is -0.104. The second kappa shape index (κ2) is 14.2. The quantitative estimate of drug-likeness (QED) is 0.186. The molecule has 1 aliphatic rings. The molecule has 4 rings (SSSR count). The lowest BCUT2D eigenvalue weighted by Crippen LogP contribution is -2.37. The molecule has 0 atom stereocenters. The van der Waals surface area contributed by atoms with Gasteiger partial charge in [0.15, 0.2) is 23.7 Å². The van der Waals surface area contributed by atoms with E-state index in [0.717, 1.165) is 41.8 Å². The molecular formula is C28H36N10O2. The minimum Gasteiger partial charge on any atom is -0.378 e. The van der Waals surface area contributed by atoms with Crippen molar-refractivity contribution in [1.82, 2.24) is 25.1 Å². The molecule has 0 amide bonds. The summed E-state index contributed by atoms with van der Waals surface area (Å²) >= 11 is 0. The minimum absolute atomic E-state index is 0.378. The maximum Gasteiger partial charge on any atom is 0.164 e. The van der Waals surface area contributed by atoms with Gasteiger partial charge in [-0.1, -0.05) is 6.92 Å². The molecule has 3 aromatic rings. The molecule has 0 spiro atoms. The topological polar surface area (TPSA) is 128 Å². The van der Waals surface area contributed by atoms with E-state index in [9.17, 15) is 4.79 Å². The number of carbonyl (C=O) groups is 1. The summed E-state index contributed by atoms with van der Waals surface area (Å²) in [5.74, 6) is 2.06. The number of nitrogens with one attached hydrogen (secondary N) is 1. The smallest absolute Gasteiger partial charge is 0.164 e. The Hall–Kier alpha value is -4.29. The molecule has 1 aromatic carbocycles. The Balaban J connectivity index is 1.62. The molecule has 0 bridgehead atoms. The first-order chi connectivity index (χ1) is 19.6. The molecule has 0 saturated carbocycles. The Morgan fingerprint density at radius 2 is 2.02 bits per heavy atom. The predicted molar refractivity (Wildman–Crippen MR) is 162 cm³/mol. The first-order valence-corrected chi connectivity index (χ1v) is 13.3. The molecule has 1 saturated heterocycles. The van der Waals surface area contributed by atoms with Crippen LogP contribution in [0, 0.1) is 0 Å². The Morgan fingerprint density at radius 1 is 1.20 bits per heavy atom. The van der Waals surface area contributed by atoms with Gasteiger partial charge in [0.25, 0.3) is 0 Å². The first kappa shape index (κ1) is 28.7. The molecule has 2 aromatic heterocycles. The number of hydrogen-bond acceptors (Lipinski definition) is 11. The summed E-state index contributed by atoms with van der Waals surface area (Å²) in [5, 5.41) is 8.12. The molecule has 12 nitrogen and oxygen atoms in total. The summed E-state index contributed by atoms with van der Waals surface area (Å²) < 4.78 is 5.58. The van der Waals surface area contributed by atoms with Crippen molar-refractivity contribution in [3.05, 3.63) is 36.2 Å². The SMILES string of the molecule is C=N/C=C(/C=O)C=NCN(CCC)CCN(C)c1nc(-c2ccc3[nH]ncc3c2)nc(N2CCOCC2)c1N=C. The van der Waals surface area contributed by atoms with Crippen LogP contribution in [-0.2, 0) is 9.53 Å². The fourth-order valence-electron chi connectivity index (χ4n) is 4.47. The molecular weight excluding hydrogens is 508 g/mol. The van der Waals surface area contributed by atoms with Crippen LogP contribution in [0.5, 0.6) is 0 Å². The van der Waals surface area contributed by atoms with E-state index in [1.165, 1.54) is 12.4 Å². The molecule has 12 heteroatoms. The van der Waals surface area contributed by atoms with E-state index in [2.05, 4.69) is 60.2 Å². The summed E-state index contributed by atoms with van der Waals surface area (Å²) in [6, 6.07) is 6.01. The van der Waals surface area contributed by atoms with E-state index in [4.69, 9.17) is 14.7 Å². The highest BCUT2D eigenvalue weighted by atomic mass is 16.5. The van der Waals surface area contributed by atoms with Crippen LogP contribution in [0.3, 0.4) is 0 Å². The fourth-order valence-corrected chi connectivity index (χ4v) is 4.47. The van der Waals surface area contributed by atoms with E-state index < -0.39 is 0 Å². The van der Waals surface area contributed by atoms with E-state index >= 15 is 0 Å². The lowest BCUT2D eigenvalue weighted by atomic mass is 10.1. The van der Waals surface area contributed by atoms with Crippen LogP contribution < -0.4 is 9.80 Å². The highest BCUT2D eigenvalue weighted by Gasteiger charge is 2.24.